The first-order chi connectivity index (χ1) is 15.6. The van der Waals surface area contributed by atoms with Gasteiger partial charge in [0.15, 0.2) is 5.17 Å². The number of ketones is 1. The highest BCUT2D eigenvalue weighted by molar-refractivity contribution is 8.14. The molecule has 0 aliphatic carbocycles. The third kappa shape index (κ3) is 6.19. The lowest BCUT2D eigenvalue weighted by Crippen LogP contribution is -2.31. The van der Waals surface area contributed by atoms with E-state index in [1.165, 1.54) is 29.2 Å². The smallest absolute Gasteiger partial charge is 0.387 e. The van der Waals surface area contributed by atoms with Crippen LogP contribution in [0.5, 0.6) is 11.5 Å². The van der Waals surface area contributed by atoms with E-state index in [2.05, 4.69) is 9.73 Å². The lowest BCUT2D eigenvalue weighted by molar-refractivity contribution is -0.123. The summed E-state index contributed by atoms with van der Waals surface area (Å²) in [7, 11) is 1.57. The van der Waals surface area contributed by atoms with Gasteiger partial charge in [-0.25, -0.2) is 4.99 Å². The molecule has 174 valence electrons. The maximum absolute atomic E-state index is 13.2. The second-order valence-electron chi connectivity index (χ2n) is 8.17. The van der Waals surface area contributed by atoms with Crippen molar-refractivity contribution in [3.05, 3.63) is 59.8 Å². The van der Waals surface area contributed by atoms with E-state index in [4.69, 9.17) is 4.74 Å². The molecule has 0 saturated heterocycles. The summed E-state index contributed by atoms with van der Waals surface area (Å²) in [6.07, 6.45) is 1.64. The van der Waals surface area contributed by atoms with Crippen LogP contribution in [0.3, 0.4) is 0 Å². The van der Waals surface area contributed by atoms with Crippen molar-refractivity contribution in [1.29, 1.82) is 0 Å². The largest absolute Gasteiger partial charge is 0.497 e. The van der Waals surface area contributed by atoms with Crippen LogP contribution in [-0.4, -0.2) is 36.3 Å². The Morgan fingerprint density at radius 3 is 2.24 bits per heavy atom. The number of alkyl halides is 2. The van der Waals surface area contributed by atoms with Crippen molar-refractivity contribution in [2.45, 2.75) is 27.4 Å². The molecule has 0 aromatic heterocycles. The van der Waals surface area contributed by atoms with Gasteiger partial charge in [-0.2, -0.15) is 8.78 Å². The monoisotopic (exact) mass is 474 g/mol. The van der Waals surface area contributed by atoms with Crippen LogP contribution in [0.15, 0.2) is 59.2 Å². The number of benzene rings is 2. The van der Waals surface area contributed by atoms with Gasteiger partial charge < -0.3 is 9.47 Å². The predicted molar refractivity (Wildman–Crippen MR) is 126 cm³/mol. The Bertz CT molecular complexity index is 1080. The zero-order chi connectivity index (χ0) is 24.2. The number of amidine groups is 1. The van der Waals surface area contributed by atoms with Gasteiger partial charge >= 0.3 is 6.61 Å². The summed E-state index contributed by atoms with van der Waals surface area (Å²) in [6, 6.07) is 12.8. The number of carbonyl (C=O) groups excluding carboxylic acids is 2. The fourth-order valence-electron chi connectivity index (χ4n) is 2.80. The maximum Gasteiger partial charge on any atom is 0.387 e. The average molecular weight is 475 g/mol. The van der Waals surface area contributed by atoms with E-state index in [0.29, 0.717) is 16.6 Å². The number of rotatable bonds is 7. The van der Waals surface area contributed by atoms with Crippen LogP contribution in [0.1, 0.15) is 26.3 Å². The number of hydrogen-bond donors (Lipinski definition) is 0. The lowest BCUT2D eigenvalue weighted by Gasteiger charge is -2.20. The molecule has 9 heteroatoms. The van der Waals surface area contributed by atoms with Crippen molar-refractivity contribution < 1.29 is 27.8 Å². The van der Waals surface area contributed by atoms with Gasteiger partial charge in [0.1, 0.15) is 23.0 Å². The Morgan fingerprint density at radius 2 is 1.70 bits per heavy atom. The quantitative estimate of drug-likeness (QED) is 0.504. The Hall–Kier alpha value is -3.20. The van der Waals surface area contributed by atoms with Crippen LogP contribution in [0.4, 0.5) is 14.5 Å². The highest BCUT2D eigenvalue weighted by Gasteiger charge is 2.33. The highest BCUT2D eigenvalue weighted by Crippen LogP contribution is 2.32. The number of carbonyl (C=O) groups is 2. The summed E-state index contributed by atoms with van der Waals surface area (Å²) in [6.45, 7) is 2.53. The number of nitrogens with zero attached hydrogens (tertiary/aromatic N) is 2. The maximum atomic E-state index is 13.2. The number of hydrogen-bond acceptors (Lipinski definition) is 6. The molecular formula is C24H24F2N2O4S. The zero-order valence-corrected chi connectivity index (χ0v) is 19.5. The molecule has 0 N–H and O–H groups in total. The molecule has 0 saturated carbocycles. The molecule has 0 bridgehead atoms. The van der Waals surface area contributed by atoms with Crippen molar-refractivity contribution in [2.75, 3.05) is 17.8 Å². The summed E-state index contributed by atoms with van der Waals surface area (Å²) in [5.41, 5.74) is 0.838. The first-order valence-corrected chi connectivity index (χ1v) is 11.1. The highest BCUT2D eigenvalue weighted by atomic mass is 32.2. The molecule has 0 radical (unpaired) electrons. The van der Waals surface area contributed by atoms with Gasteiger partial charge in [-0.15, -0.1) is 0 Å². The Labute approximate surface area is 195 Å². The molecule has 1 heterocycles. The van der Waals surface area contributed by atoms with Crippen molar-refractivity contribution in [2.24, 2.45) is 10.4 Å². The molecule has 0 spiro atoms. The van der Waals surface area contributed by atoms with E-state index >= 15 is 0 Å². The summed E-state index contributed by atoms with van der Waals surface area (Å²) in [5.74, 6) is 0.413. The van der Waals surface area contributed by atoms with E-state index in [1.54, 1.807) is 37.5 Å². The lowest BCUT2D eigenvalue weighted by atomic mass is 9.92. The van der Waals surface area contributed by atoms with E-state index in [1.807, 2.05) is 20.8 Å². The number of Topliss-reactive ketones (excluding diaryl/α,β-unsaturated/α-hetero) is 1. The van der Waals surface area contributed by atoms with Crippen molar-refractivity contribution >= 4 is 40.4 Å². The number of anilines is 1. The first-order valence-electron chi connectivity index (χ1n) is 10.1. The molecule has 3 rings (SSSR count). The Balaban J connectivity index is 1.91. The number of methoxy groups -OCH3 is 1. The van der Waals surface area contributed by atoms with Crippen LogP contribution in [0.2, 0.25) is 0 Å². The molecule has 0 unspecified atom stereocenters. The normalized spacial score (nSPS) is 15.2. The number of aliphatic imine (C=N–C) groups is 1. The predicted octanol–water partition coefficient (Wildman–Crippen LogP) is 5.39. The Kier molecular flexibility index (Phi) is 7.53. The minimum Gasteiger partial charge on any atom is -0.497 e. The fourth-order valence-corrected chi connectivity index (χ4v) is 3.98. The van der Waals surface area contributed by atoms with E-state index in [0.717, 1.165) is 17.3 Å². The molecule has 0 atom stereocenters. The van der Waals surface area contributed by atoms with Gasteiger partial charge in [0.25, 0.3) is 5.91 Å². The number of thioether (sulfide) groups is 1. The second kappa shape index (κ2) is 10.2. The number of amides is 1. The van der Waals surface area contributed by atoms with Crippen molar-refractivity contribution in [3.8, 4) is 11.5 Å². The van der Waals surface area contributed by atoms with E-state index in [-0.39, 0.29) is 28.9 Å². The van der Waals surface area contributed by atoms with Gasteiger partial charge in [0.05, 0.1) is 18.6 Å². The van der Waals surface area contributed by atoms with Gasteiger partial charge in [-0.1, -0.05) is 44.7 Å². The van der Waals surface area contributed by atoms with E-state index in [9.17, 15) is 18.4 Å². The first kappa shape index (κ1) is 24.4. The van der Waals surface area contributed by atoms with Crippen molar-refractivity contribution in [3.63, 3.8) is 0 Å². The van der Waals surface area contributed by atoms with Crippen LogP contribution < -0.4 is 14.4 Å². The number of halogens is 2. The van der Waals surface area contributed by atoms with Crippen LogP contribution >= 0.6 is 11.8 Å². The zero-order valence-electron chi connectivity index (χ0n) is 18.7. The van der Waals surface area contributed by atoms with E-state index < -0.39 is 12.0 Å². The molecule has 33 heavy (non-hydrogen) atoms. The topological polar surface area (TPSA) is 68.2 Å². The molecule has 1 amide bonds. The molecule has 1 aliphatic heterocycles. The molecule has 6 nitrogen and oxygen atoms in total. The fraction of sp³-hybridized carbons (Fsp3) is 0.292. The SMILES string of the molecule is COc1ccc(/C=C2\N=C(SCC(=O)C(C)(C)C)N(c3ccc(OC(F)F)cc3)C2=O)cc1. The molecule has 2 aromatic rings. The molecule has 1 aliphatic rings. The van der Waals surface area contributed by atoms with Gasteiger partial charge in [-0.05, 0) is 48.0 Å². The van der Waals surface area contributed by atoms with Crippen molar-refractivity contribution in [1.82, 2.24) is 0 Å². The molecular weight excluding hydrogens is 450 g/mol. The Morgan fingerprint density at radius 1 is 1.09 bits per heavy atom. The van der Waals surface area contributed by atoms with Gasteiger partial charge in [0, 0.05) is 5.41 Å². The van der Waals surface area contributed by atoms with Crippen LogP contribution in [0, 0.1) is 5.41 Å². The third-order valence-electron chi connectivity index (χ3n) is 4.74. The minimum atomic E-state index is -2.95. The molecule has 0 fully saturated rings. The van der Waals surface area contributed by atoms with Gasteiger partial charge in [-0.3, -0.25) is 14.5 Å². The second-order valence-corrected chi connectivity index (χ2v) is 9.11. The minimum absolute atomic E-state index is 0.0101. The van der Waals surface area contributed by atoms with Crippen LogP contribution in [0.25, 0.3) is 6.08 Å². The number of ether oxygens (including phenoxy) is 2. The summed E-state index contributed by atoms with van der Waals surface area (Å²) in [5, 5.41) is 0.333. The third-order valence-corrected chi connectivity index (χ3v) is 5.68. The summed E-state index contributed by atoms with van der Waals surface area (Å²) in [4.78, 5) is 31.5. The average Bonchev–Trinajstić information content (AvgIpc) is 3.07. The van der Waals surface area contributed by atoms with Crippen LogP contribution in [-0.2, 0) is 9.59 Å². The standard InChI is InChI=1S/C24H24F2N2O4S/c1-24(2,3)20(29)14-33-23-27-19(13-15-5-9-17(31-4)10-6-15)21(30)28(23)16-7-11-18(12-8-16)32-22(25)26/h5-13,22H,14H2,1-4H3/b19-13-. The summed E-state index contributed by atoms with van der Waals surface area (Å²) < 4.78 is 34.5. The van der Waals surface area contributed by atoms with Gasteiger partial charge in [0.2, 0.25) is 0 Å². The molecule has 2 aromatic carbocycles. The summed E-state index contributed by atoms with van der Waals surface area (Å²) >= 11 is 1.15.